The van der Waals surface area contributed by atoms with Crippen molar-refractivity contribution < 1.29 is 63.0 Å². The molecule has 0 radical (unpaired) electrons. The summed E-state index contributed by atoms with van der Waals surface area (Å²) in [4.78, 5) is 12.0. The van der Waals surface area contributed by atoms with E-state index in [4.69, 9.17) is 0 Å². The summed E-state index contributed by atoms with van der Waals surface area (Å²) in [6, 6.07) is 14.4. The second kappa shape index (κ2) is 4.92. The molecule has 2 nitrogen and oxygen atoms in total. The molecule has 2 aliphatic rings. The van der Waals surface area contributed by atoms with Gasteiger partial charge in [-0.25, -0.2) is 0 Å². The first kappa shape index (κ1) is 13.7. The molecule has 88 valence electrons. The summed E-state index contributed by atoms with van der Waals surface area (Å²) < 4.78 is 0. The molecule has 19 heavy (non-hydrogen) atoms. The van der Waals surface area contributed by atoms with Crippen molar-refractivity contribution in [2.24, 2.45) is 0 Å². The van der Waals surface area contributed by atoms with Crippen molar-refractivity contribution in [3.05, 3.63) is 64.5 Å². The number of hydrogen-bond acceptors (Lipinski definition) is 1. The summed E-state index contributed by atoms with van der Waals surface area (Å²) in [6.07, 6.45) is 0. The molecule has 1 amide bonds. The molecule has 4 rings (SSSR count). The second-order valence-corrected chi connectivity index (χ2v) is 4.99. The standard InChI is InChI=1S/C16H13NO.Rb/c1-9-10-7-4-8-12-11-5-2-3-6-13(11)15(14(10)12)17-16(9)18;/h2-9,15H,1H3,(H,17,18);/q;+1/p-1. The molecule has 1 aliphatic carbocycles. The molecule has 1 heterocycles. The minimum Gasteiger partial charge on any atom is -0.643 e. The van der Waals surface area contributed by atoms with E-state index in [0.717, 1.165) is 5.56 Å². The van der Waals surface area contributed by atoms with Gasteiger partial charge in [-0.15, -0.1) is 0 Å². The number of nitrogens with zero attached hydrogens (tertiary/aromatic N) is 1. The van der Waals surface area contributed by atoms with Gasteiger partial charge in [-0.3, -0.25) is 0 Å². The third kappa shape index (κ3) is 1.84. The quantitative estimate of drug-likeness (QED) is 0.706. The van der Waals surface area contributed by atoms with E-state index in [1.54, 1.807) is 0 Å². The van der Waals surface area contributed by atoms with Crippen LogP contribution < -0.4 is 58.2 Å². The van der Waals surface area contributed by atoms with Crippen molar-refractivity contribution in [3.63, 3.8) is 0 Å². The number of benzene rings is 2. The summed E-state index contributed by atoms with van der Waals surface area (Å²) in [6.45, 7) is 1.95. The van der Waals surface area contributed by atoms with Crippen LogP contribution in [-0.4, -0.2) is 5.91 Å². The summed E-state index contributed by atoms with van der Waals surface area (Å²) in [7, 11) is 0. The van der Waals surface area contributed by atoms with Crippen molar-refractivity contribution in [2.45, 2.75) is 18.9 Å². The van der Waals surface area contributed by atoms with Crippen LogP contribution in [0.5, 0.6) is 0 Å². The predicted octanol–water partition coefficient (Wildman–Crippen LogP) is 0.778. The van der Waals surface area contributed by atoms with Gasteiger partial charge in [-0.05, 0) is 22.3 Å². The number of carbonyl (C=O) groups excluding carboxylic acids is 1. The van der Waals surface area contributed by atoms with E-state index in [1.165, 1.54) is 22.3 Å². The van der Waals surface area contributed by atoms with Crippen molar-refractivity contribution in [1.29, 1.82) is 0 Å². The van der Waals surface area contributed by atoms with Gasteiger partial charge < -0.3 is 10.1 Å². The first-order valence-corrected chi connectivity index (χ1v) is 6.24. The SMILES string of the molecule is CC1C(=O)[N-]C2c3ccccc3-c3cccc1c32.[Rb+]. The fraction of sp³-hybridized carbons (Fsp3) is 0.188. The summed E-state index contributed by atoms with van der Waals surface area (Å²) in [5.74, 6) is -0.105. The maximum absolute atomic E-state index is 12.0. The van der Waals surface area contributed by atoms with E-state index in [2.05, 4.69) is 29.6 Å². The van der Waals surface area contributed by atoms with Crippen molar-refractivity contribution in [2.75, 3.05) is 0 Å². The van der Waals surface area contributed by atoms with Gasteiger partial charge in [0.2, 0.25) is 0 Å². The molecular weight excluding hydrogens is 308 g/mol. The van der Waals surface area contributed by atoms with Crippen LogP contribution in [0.4, 0.5) is 0 Å². The van der Waals surface area contributed by atoms with Crippen molar-refractivity contribution in [1.82, 2.24) is 0 Å². The minimum absolute atomic E-state index is 0. The molecule has 0 bridgehead atoms. The average Bonchev–Trinajstić information content (AvgIpc) is 2.72. The van der Waals surface area contributed by atoms with E-state index >= 15 is 0 Å². The zero-order valence-corrected chi connectivity index (χ0v) is 16.0. The fourth-order valence-corrected chi connectivity index (χ4v) is 3.14. The number of carbonyl (C=O) groups is 1. The molecule has 3 heteroatoms. The van der Waals surface area contributed by atoms with Crippen LogP contribution in [0.1, 0.15) is 35.6 Å². The van der Waals surface area contributed by atoms with Crippen LogP contribution in [0, 0.1) is 0 Å². The van der Waals surface area contributed by atoms with Crippen LogP contribution in [-0.2, 0) is 4.79 Å². The topological polar surface area (TPSA) is 31.2 Å². The van der Waals surface area contributed by atoms with Gasteiger partial charge in [0.1, 0.15) is 0 Å². The predicted molar refractivity (Wildman–Crippen MR) is 70.5 cm³/mol. The van der Waals surface area contributed by atoms with Gasteiger partial charge in [-0.2, -0.15) is 0 Å². The zero-order valence-electron chi connectivity index (χ0n) is 11.1. The van der Waals surface area contributed by atoms with Gasteiger partial charge in [0, 0.05) is 5.92 Å². The van der Waals surface area contributed by atoms with Gasteiger partial charge in [0.25, 0.3) is 0 Å². The van der Waals surface area contributed by atoms with Gasteiger partial charge >= 0.3 is 58.2 Å². The largest absolute Gasteiger partial charge is 1.00 e. The first-order chi connectivity index (χ1) is 8.77. The Bertz CT molecular complexity index is 680. The van der Waals surface area contributed by atoms with E-state index in [-0.39, 0.29) is 76.1 Å². The molecule has 0 saturated heterocycles. The number of amides is 1. The Morgan fingerprint density at radius 1 is 0.947 bits per heavy atom. The molecule has 0 fully saturated rings. The van der Waals surface area contributed by atoms with E-state index < -0.39 is 0 Å². The van der Waals surface area contributed by atoms with Crippen molar-refractivity contribution in [3.8, 4) is 11.1 Å². The third-order valence-electron chi connectivity index (χ3n) is 4.05. The van der Waals surface area contributed by atoms with Crippen LogP contribution in [0.3, 0.4) is 0 Å². The molecule has 2 atom stereocenters. The Balaban J connectivity index is 0.00000110. The number of rotatable bonds is 0. The monoisotopic (exact) mass is 319 g/mol. The average molecular weight is 320 g/mol. The molecule has 0 saturated carbocycles. The molecule has 0 spiro atoms. The Kier molecular flexibility index (Phi) is 3.54. The van der Waals surface area contributed by atoms with Gasteiger partial charge in [-0.1, -0.05) is 61.0 Å². The van der Waals surface area contributed by atoms with Crippen molar-refractivity contribution >= 4 is 5.91 Å². The van der Waals surface area contributed by atoms with Crippen LogP contribution >= 0.6 is 0 Å². The Morgan fingerprint density at radius 3 is 2.47 bits per heavy atom. The number of fused-ring (bicyclic) bond motifs is 3. The van der Waals surface area contributed by atoms with Crippen LogP contribution in [0.15, 0.2) is 42.5 Å². The minimum atomic E-state index is -0.106. The second-order valence-electron chi connectivity index (χ2n) is 4.99. The van der Waals surface area contributed by atoms with Crippen LogP contribution in [0.25, 0.3) is 16.4 Å². The van der Waals surface area contributed by atoms with Gasteiger partial charge in [0.15, 0.2) is 0 Å². The molecule has 0 aromatic heterocycles. The van der Waals surface area contributed by atoms with E-state index in [1.807, 2.05) is 25.1 Å². The first-order valence-electron chi connectivity index (χ1n) is 6.24. The summed E-state index contributed by atoms with van der Waals surface area (Å²) >= 11 is 0. The summed E-state index contributed by atoms with van der Waals surface area (Å²) in [5, 5.41) is 4.38. The molecule has 2 aromatic carbocycles. The van der Waals surface area contributed by atoms with Crippen LogP contribution in [0.2, 0.25) is 0 Å². The molecule has 2 aromatic rings. The Hall–Kier alpha value is -0.285. The number of hydrogen-bond donors (Lipinski definition) is 0. The fourth-order valence-electron chi connectivity index (χ4n) is 3.14. The Labute approximate surface area is 161 Å². The molecule has 1 aliphatic heterocycles. The van der Waals surface area contributed by atoms with E-state index in [9.17, 15) is 4.79 Å². The molecular formula is C16H12NORb. The maximum atomic E-state index is 12.0. The third-order valence-corrected chi connectivity index (χ3v) is 4.05. The molecule has 2 unspecified atom stereocenters. The smallest absolute Gasteiger partial charge is 0.643 e. The van der Waals surface area contributed by atoms with E-state index in [0.29, 0.717) is 0 Å². The van der Waals surface area contributed by atoms with Gasteiger partial charge in [0.05, 0.1) is 5.91 Å². The zero-order chi connectivity index (χ0) is 12.3. The Morgan fingerprint density at radius 2 is 1.63 bits per heavy atom. The molecule has 0 N–H and O–H groups in total. The maximum Gasteiger partial charge on any atom is 1.00 e. The normalized spacial score (nSPS) is 22.1. The summed E-state index contributed by atoms with van der Waals surface area (Å²) in [5.41, 5.74) is 6.03.